The van der Waals surface area contributed by atoms with E-state index in [1.807, 2.05) is 54.3 Å². The van der Waals surface area contributed by atoms with Gasteiger partial charge < -0.3 is 10.0 Å². The number of hydrogen-bond acceptors (Lipinski definition) is 3. The van der Waals surface area contributed by atoms with Crippen LogP contribution in [0.3, 0.4) is 0 Å². The molecule has 2 rings (SSSR count). The molecule has 0 aliphatic rings. The van der Waals surface area contributed by atoms with Crippen molar-refractivity contribution in [3.05, 3.63) is 59.8 Å². The Labute approximate surface area is 125 Å². The molecule has 0 aliphatic carbocycles. The lowest BCUT2D eigenvalue weighted by molar-refractivity contribution is -0.136. The van der Waals surface area contributed by atoms with Crippen LogP contribution < -0.4 is 4.90 Å². The van der Waals surface area contributed by atoms with Crippen LogP contribution in [0.5, 0.6) is 0 Å². The second-order valence-electron chi connectivity index (χ2n) is 5.12. The molecule has 0 aliphatic heterocycles. The van der Waals surface area contributed by atoms with Gasteiger partial charge in [-0.05, 0) is 31.0 Å². The van der Waals surface area contributed by atoms with Crippen LogP contribution in [0.15, 0.2) is 48.7 Å². The third kappa shape index (κ3) is 4.05. The minimum atomic E-state index is -0.799. The summed E-state index contributed by atoms with van der Waals surface area (Å²) in [7, 11) is 0. The van der Waals surface area contributed by atoms with Gasteiger partial charge in [0.15, 0.2) is 0 Å². The fourth-order valence-corrected chi connectivity index (χ4v) is 2.26. The lowest BCUT2D eigenvalue weighted by Gasteiger charge is -2.30. The zero-order valence-corrected chi connectivity index (χ0v) is 12.4. The summed E-state index contributed by atoms with van der Waals surface area (Å²) in [5, 5.41) is 8.96. The monoisotopic (exact) mass is 284 g/mol. The zero-order chi connectivity index (χ0) is 15.2. The van der Waals surface area contributed by atoms with Crippen molar-refractivity contribution in [2.45, 2.75) is 26.3 Å². The van der Waals surface area contributed by atoms with Crippen LogP contribution in [0.4, 0.5) is 5.82 Å². The summed E-state index contributed by atoms with van der Waals surface area (Å²) in [6.45, 7) is 4.49. The zero-order valence-electron chi connectivity index (χ0n) is 12.4. The Hall–Kier alpha value is -2.36. The second-order valence-corrected chi connectivity index (χ2v) is 5.12. The van der Waals surface area contributed by atoms with Gasteiger partial charge in [0.1, 0.15) is 5.82 Å². The molecule has 0 saturated heterocycles. The average Bonchev–Trinajstić information content (AvgIpc) is 2.49. The quantitative estimate of drug-likeness (QED) is 0.883. The van der Waals surface area contributed by atoms with Gasteiger partial charge in [-0.15, -0.1) is 0 Å². The van der Waals surface area contributed by atoms with E-state index in [0.29, 0.717) is 6.54 Å². The highest BCUT2D eigenvalue weighted by Gasteiger charge is 2.18. The van der Waals surface area contributed by atoms with Crippen LogP contribution in [-0.4, -0.2) is 22.6 Å². The highest BCUT2D eigenvalue weighted by Crippen LogP contribution is 2.25. The number of nitrogens with zero attached hydrogens (tertiary/aromatic N) is 2. The molecule has 4 heteroatoms. The van der Waals surface area contributed by atoms with Crippen molar-refractivity contribution in [3.8, 4) is 0 Å². The van der Waals surface area contributed by atoms with Crippen molar-refractivity contribution in [1.29, 1.82) is 0 Å². The topological polar surface area (TPSA) is 53.4 Å². The van der Waals surface area contributed by atoms with Gasteiger partial charge in [0.25, 0.3) is 0 Å². The number of carboxylic acid groups (broad SMARTS) is 1. The molecule has 0 spiro atoms. The molecular weight excluding hydrogens is 264 g/mol. The summed E-state index contributed by atoms with van der Waals surface area (Å²) in [6.07, 6.45) is 1.90. The minimum absolute atomic E-state index is 0.0701. The Balaban J connectivity index is 2.26. The summed E-state index contributed by atoms with van der Waals surface area (Å²) in [5.41, 5.74) is 2.23. The van der Waals surface area contributed by atoms with Crippen LogP contribution in [0.1, 0.15) is 30.5 Å². The number of anilines is 1. The smallest absolute Gasteiger partial charge is 0.305 e. The highest BCUT2D eigenvalue weighted by molar-refractivity contribution is 5.67. The van der Waals surface area contributed by atoms with E-state index in [2.05, 4.69) is 11.9 Å². The predicted molar refractivity (Wildman–Crippen MR) is 83.4 cm³/mol. The molecule has 0 saturated carbocycles. The maximum Gasteiger partial charge on any atom is 0.305 e. The Morgan fingerprint density at radius 1 is 1.24 bits per heavy atom. The molecule has 0 amide bonds. The van der Waals surface area contributed by atoms with E-state index in [1.165, 1.54) is 0 Å². The molecule has 21 heavy (non-hydrogen) atoms. The Morgan fingerprint density at radius 3 is 2.52 bits per heavy atom. The summed E-state index contributed by atoms with van der Waals surface area (Å²) in [5.74, 6) is 0.00516. The van der Waals surface area contributed by atoms with E-state index >= 15 is 0 Å². The minimum Gasteiger partial charge on any atom is -0.481 e. The van der Waals surface area contributed by atoms with Crippen molar-refractivity contribution in [2.75, 3.05) is 11.4 Å². The van der Waals surface area contributed by atoms with E-state index in [9.17, 15) is 4.79 Å². The number of aromatic nitrogens is 1. The Bertz CT molecular complexity index is 581. The fourth-order valence-electron chi connectivity index (χ4n) is 2.26. The van der Waals surface area contributed by atoms with Crippen LogP contribution in [-0.2, 0) is 4.79 Å². The molecular formula is C17H20N2O2. The van der Waals surface area contributed by atoms with Gasteiger partial charge in [0.2, 0.25) is 0 Å². The number of benzene rings is 1. The highest BCUT2D eigenvalue weighted by atomic mass is 16.4. The Morgan fingerprint density at radius 2 is 1.95 bits per heavy atom. The maximum atomic E-state index is 10.9. The summed E-state index contributed by atoms with van der Waals surface area (Å²) in [4.78, 5) is 17.4. The molecule has 0 radical (unpaired) electrons. The molecule has 1 heterocycles. The van der Waals surface area contributed by atoms with E-state index < -0.39 is 5.97 Å². The second kappa shape index (κ2) is 6.88. The average molecular weight is 284 g/mol. The molecule has 0 fully saturated rings. The number of aliphatic carboxylic acids is 1. The molecule has 110 valence electrons. The molecule has 2 aromatic rings. The van der Waals surface area contributed by atoms with Gasteiger partial charge in [0, 0.05) is 12.7 Å². The lowest BCUT2D eigenvalue weighted by atomic mass is 10.1. The molecule has 4 nitrogen and oxygen atoms in total. The number of hydrogen-bond donors (Lipinski definition) is 1. The first-order chi connectivity index (χ1) is 10.1. The third-order valence-electron chi connectivity index (χ3n) is 3.51. The number of carboxylic acids is 1. The largest absolute Gasteiger partial charge is 0.481 e. The first kappa shape index (κ1) is 15.0. The van der Waals surface area contributed by atoms with Crippen molar-refractivity contribution >= 4 is 11.8 Å². The number of carbonyl (C=O) groups is 1. The molecule has 1 aromatic heterocycles. The normalized spacial score (nSPS) is 11.9. The van der Waals surface area contributed by atoms with Crippen molar-refractivity contribution in [3.63, 3.8) is 0 Å². The van der Waals surface area contributed by atoms with Gasteiger partial charge in [-0.1, -0.05) is 36.4 Å². The first-order valence-corrected chi connectivity index (χ1v) is 7.04. The van der Waals surface area contributed by atoms with Crippen molar-refractivity contribution in [1.82, 2.24) is 4.98 Å². The van der Waals surface area contributed by atoms with Gasteiger partial charge in [0.05, 0.1) is 12.5 Å². The van der Waals surface area contributed by atoms with Crippen LogP contribution in [0, 0.1) is 6.92 Å². The predicted octanol–water partition coefficient (Wildman–Crippen LogP) is 3.43. The van der Waals surface area contributed by atoms with E-state index in [4.69, 9.17) is 5.11 Å². The standard InChI is InChI=1S/C17H20N2O2/c1-13-8-9-16(18-12-13)19(11-10-17(20)21)14(2)15-6-4-3-5-7-15/h3-9,12,14H,10-11H2,1-2H3,(H,20,21). The Kier molecular flexibility index (Phi) is 4.93. The van der Waals surface area contributed by atoms with Crippen LogP contribution in [0.2, 0.25) is 0 Å². The van der Waals surface area contributed by atoms with Crippen molar-refractivity contribution in [2.24, 2.45) is 0 Å². The van der Waals surface area contributed by atoms with Gasteiger partial charge in [-0.2, -0.15) is 0 Å². The number of aryl methyl sites for hydroxylation is 1. The number of pyridine rings is 1. The maximum absolute atomic E-state index is 10.9. The lowest BCUT2D eigenvalue weighted by Crippen LogP contribution is -2.30. The van der Waals surface area contributed by atoms with Crippen molar-refractivity contribution < 1.29 is 9.90 Å². The molecule has 0 bridgehead atoms. The molecule has 1 atom stereocenters. The molecule has 1 N–H and O–H groups in total. The van der Waals surface area contributed by atoms with E-state index in [0.717, 1.165) is 16.9 Å². The third-order valence-corrected chi connectivity index (χ3v) is 3.51. The van der Waals surface area contributed by atoms with Gasteiger partial charge in [-0.25, -0.2) is 4.98 Å². The van der Waals surface area contributed by atoms with E-state index in [-0.39, 0.29) is 12.5 Å². The van der Waals surface area contributed by atoms with Crippen LogP contribution in [0.25, 0.3) is 0 Å². The fraction of sp³-hybridized carbons (Fsp3) is 0.294. The van der Waals surface area contributed by atoms with E-state index in [1.54, 1.807) is 6.20 Å². The van der Waals surface area contributed by atoms with Gasteiger partial charge in [-0.3, -0.25) is 4.79 Å². The van der Waals surface area contributed by atoms with Gasteiger partial charge >= 0.3 is 5.97 Å². The van der Waals surface area contributed by atoms with Crippen LogP contribution >= 0.6 is 0 Å². The summed E-state index contributed by atoms with van der Waals surface area (Å²) < 4.78 is 0. The molecule has 1 aromatic carbocycles. The number of rotatable bonds is 6. The first-order valence-electron chi connectivity index (χ1n) is 7.04. The summed E-state index contributed by atoms with van der Waals surface area (Å²) >= 11 is 0. The molecule has 1 unspecified atom stereocenters. The summed E-state index contributed by atoms with van der Waals surface area (Å²) in [6, 6.07) is 14.1. The SMILES string of the molecule is Cc1ccc(N(CCC(=O)O)C(C)c2ccccc2)nc1.